The Bertz CT molecular complexity index is 1070. The van der Waals surface area contributed by atoms with Gasteiger partial charge in [-0.05, 0) is 47.5 Å². The lowest BCUT2D eigenvalue weighted by atomic mass is 9.94. The Kier molecular flexibility index (Phi) is 5.00. The van der Waals surface area contributed by atoms with Crippen LogP contribution >= 0.6 is 22.9 Å². The SMILES string of the molecule is CC#Cc1c([C@H]2CC(F)(F)C[C@@H]2N)cc2c(NCc3cccs3)nc(Cl)nn12. The van der Waals surface area contributed by atoms with Crippen LogP contribution in [0.5, 0.6) is 0 Å². The van der Waals surface area contributed by atoms with E-state index in [1.807, 2.05) is 17.5 Å². The van der Waals surface area contributed by atoms with Crippen molar-refractivity contribution in [2.45, 2.75) is 44.2 Å². The molecule has 0 radical (unpaired) electrons. The van der Waals surface area contributed by atoms with E-state index in [2.05, 4.69) is 27.2 Å². The van der Waals surface area contributed by atoms with Crippen LogP contribution < -0.4 is 11.1 Å². The Morgan fingerprint density at radius 3 is 2.93 bits per heavy atom. The van der Waals surface area contributed by atoms with Crippen LogP contribution in [0, 0.1) is 11.8 Å². The van der Waals surface area contributed by atoms with Gasteiger partial charge in [0.25, 0.3) is 0 Å². The molecule has 0 bridgehead atoms. The Balaban J connectivity index is 1.81. The number of anilines is 1. The van der Waals surface area contributed by atoms with Crippen molar-refractivity contribution in [3.05, 3.63) is 45.0 Å². The van der Waals surface area contributed by atoms with E-state index in [1.165, 1.54) is 0 Å². The molecule has 0 unspecified atom stereocenters. The average molecular weight is 422 g/mol. The molecule has 0 amide bonds. The van der Waals surface area contributed by atoms with E-state index in [0.717, 1.165) is 4.88 Å². The first-order chi connectivity index (χ1) is 13.4. The number of alkyl halides is 2. The maximum atomic E-state index is 13.9. The predicted molar refractivity (Wildman–Crippen MR) is 107 cm³/mol. The average Bonchev–Trinajstić information content (AvgIpc) is 3.32. The second-order valence-electron chi connectivity index (χ2n) is 6.82. The van der Waals surface area contributed by atoms with Crippen LogP contribution in [0.2, 0.25) is 5.28 Å². The summed E-state index contributed by atoms with van der Waals surface area (Å²) in [6.45, 7) is 2.25. The number of hydrogen-bond acceptors (Lipinski definition) is 5. The van der Waals surface area contributed by atoms with Crippen LogP contribution in [0.3, 0.4) is 0 Å². The number of nitrogens with zero attached hydrogens (tertiary/aromatic N) is 3. The van der Waals surface area contributed by atoms with Gasteiger partial charge in [-0.25, -0.2) is 13.3 Å². The summed E-state index contributed by atoms with van der Waals surface area (Å²) in [6.07, 6.45) is -0.638. The van der Waals surface area contributed by atoms with E-state index in [0.29, 0.717) is 29.1 Å². The third kappa shape index (κ3) is 3.58. The van der Waals surface area contributed by atoms with Gasteiger partial charge in [-0.2, -0.15) is 4.98 Å². The minimum atomic E-state index is -2.78. The number of rotatable bonds is 4. The second-order valence-corrected chi connectivity index (χ2v) is 8.19. The first-order valence-electron chi connectivity index (χ1n) is 8.79. The summed E-state index contributed by atoms with van der Waals surface area (Å²) in [6, 6.07) is 5.14. The highest BCUT2D eigenvalue weighted by Gasteiger charge is 2.46. The van der Waals surface area contributed by atoms with E-state index >= 15 is 0 Å². The predicted octanol–water partition coefficient (Wildman–Crippen LogP) is 4.27. The smallest absolute Gasteiger partial charge is 0.250 e. The molecule has 1 fully saturated rings. The number of halogens is 3. The molecule has 9 heteroatoms. The fraction of sp³-hybridized carbons (Fsp3) is 0.368. The highest BCUT2D eigenvalue weighted by Crippen LogP contribution is 2.45. The topological polar surface area (TPSA) is 68.2 Å². The van der Waals surface area contributed by atoms with Gasteiger partial charge in [0.1, 0.15) is 11.2 Å². The molecule has 1 aliphatic rings. The van der Waals surface area contributed by atoms with Gasteiger partial charge in [-0.15, -0.1) is 16.4 Å². The molecular formula is C19H18ClF2N5S. The van der Waals surface area contributed by atoms with Crippen molar-refractivity contribution in [3.8, 4) is 11.8 Å². The van der Waals surface area contributed by atoms with Crippen LogP contribution in [0.25, 0.3) is 5.52 Å². The van der Waals surface area contributed by atoms with Gasteiger partial charge in [0, 0.05) is 29.7 Å². The number of thiophene rings is 1. The first-order valence-corrected chi connectivity index (χ1v) is 10.1. The lowest BCUT2D eigenvalue weighted by Crippen LogP contribution is -2.24. The molecule has 1 aliphatic carbocycles. The van der Waals surface area contributed by atoms with Crippen molar-refractivity contribution in [2.75, 3.05) is 5.32 Å². The van der Waals surface area contributed by atoms with Crippen molar-refractivity contribution in [3.63, 3.8) is 0 Å². The molecule has 3 N–H and O–H groups in total. The summed E-state index contributed by atoms with van der Waals surface area (Å²) < 4.78 is 29.5. The lowest BCUT2D eigenvalue weighted by Gasteiger charge is -2.13. The highest BCUT2D eigenvalue weighted by molar-refractivity contribution is 7.09. The van der Waals surface area contributed by atoms with Crippen LogP contribution in [0.4, 0.5) is 14.6 Å². The molecule has 0 aromatic carbocycles. The zero-order chi connectivity index (χ0) is 19.9. The third-order valence-electron chi connectivity index (χ3n) is 4.86. The van der Waals surface area contributed by atoms with Crippen molar-refractivity contribution in [2.24, 2.45) is 5.73 Å². The monoisotopic (exact) mass is 421 g/mol. The molecule has 2 atom stereocenters. The van der Waals surface area contributed by atoms with E-state index in [9.17, 15) is 8.78 Å². The Morgan fingerprint density at radius 2 is 2.29 bits per heavy atom. The van der Waals surface area contributed by atoms with E-state index in [-0.39, 0.29) is 18.1 Å². The van der Waals surface area contributed by atoms with Gasteiger partial charge in [0.2, 0.25) is 11.2 Å². The van der Waals surface area contributed by atoms with E-state index in [1.54, 1.807) is 28.8 Å². The minimum absolute atomic E-state index is 0.0449. The molecule has 3 aromatic heterocycles. The summed E-state index contributed by atoms with van der Waals surface area (Å²) in [4.78, 5) is 5.42. The van der Waals surface area contributed by atoms with E-state index < -0.39 is 17.9 Å². The van der Waals surface area contributed by atoms with Crippen molar-refractivity contribution < 1.29 is 8.78 Å². The maximum Gasteiger partial charge on any atom is 0.250 e. The summed E-state index contributed by atoms with van der Waals surface area (Å²) in [5.41, 5.74) is 7.87. The van der Waals surface area contributed by atoms with Crippen molar-refractivity contribution in [1.82, 2.24) is 14.6 Å². The van der Waals surface area contributed by atoms with Crippen LogP contribution in [-0.2, 0) is 6.54 Å². The minimum Gasteiger partial charge on any atom is -0.363 e. The second kappa shape index (κ2) is 7.32. The first kappa shape index (κ1) is 19.1. The summed E-state index contributed by atoms with van der Waals surface area (Å²) in [7, 11) is 0. The largest absolute Gasteiger partial charge is 0.363 e. The zero-order valence-corrected chi connectivity index (χ0v) is 16.6. The molecule has 3 aromatic rings. The molecule has 3 heterocycles. The van der Waals surface area contributed by atoms with Gasteiger partial charge in [-0.3, -0.25) is 0 Å². The van der Waals surface area contributed by atoms with Gasteiger partial charge >= 0.3 is 0 Å². The fourth-order valence-electron chi connectivity index (χ4n) is 3.67. The van der Waals surface area contributed by atoms with Crippen LogP contribution in [-0.4, -0.2) is 26.6 Å². The number of nitrogens with one attached hydrogen (secondary N) is 1. The third-order valence-corrected chi connectivity index (χ3v) is 5.89. The van der Waals surface area contributed by atoms with Crippen LogP contribution in [0.1, 0.15) is 41.8 Å². The molecule has 0 spiro atoms. The molecule has 0 saturated heterocycles. The molecule has 146 valence electrons. The molecule has 1 saturated carbocycles. The fourth-order valence-corrected chi connectivity index (χ4v) is 4.48. The normalized spacial score (nSPS) is 20.9. The van der Waals surface area contributed by atoms with Gasteiger partial charge in [-0.1, -0.05) is 12.0 Å². The van der Waals surface area contributed by atoms with Gasteiger partial charge in [0.15, 0.2) is 5.82 Å². The number of fused-ring (bicyclic) bond motifs is 1. The van der Waals surface area contributed by atoms with Gasteiger partial charge < -0.3 is 11.1 Å². The maximum absolute atomic E-state index is 13.9. The summed E-state index contributed by atoms with van der Waals surface area (Å²) >= 11 is 7.75. The molecule has 0 aliphatic heterocycles. The Labute approximate surface area is 169 Å². The van der Waals surface area contributed by atoms with Crippen molar-refractivity contribution in [1.29, 1.82) is 0 Å². The highest BCUT2D eigenvalue weighted by atomic mass is 35.5. The zero-order valence-electron chi connectivity index (χ0n) is 15.0. The number of hydrogen-bond donors (Lipinski definition) is 2. The lowest BCUT2D eigenvalue weighted by molar-refractivity contribution is 0.00669. The van der Waals surface area contributed by atoms with E-state index in [4.69, 9.17) is 17.3 Å². The Morgan fingerprint density at radius 1 is 1.46 bits per heavy atom. The number of aromatic nitrogens is 3. The Hall–Kier alpha value is -2.21. The molecular weight excluding hydrogens is 404 g/mol. The molecule has 4 rings (SSSR count). The summed E-state index contributed by atoms with van der Waals surface area (Å²) in [5, 5.41) is 9.55. The molecule has 28 heavy (non-hydrogen) atoms. The molecule has 5 nitrogen and oxygen atoms in total. The van der Waals surface area contributed by atoms with Crippen LogP contribution in [0.15, 0.2) is 23.6 Å². The van der Waals surface area contributed by atoms with Gasteiger partial charge in [0.05, 0.1) is 6.54 Å². The number of nitrogens with two attached hydrogens (primary N) is 1. The quantitative estimate of drug-likeness (QED) is 0.617. The standard InChI is InChI=1S/C19H18ClF2N5S/c1-2-4-15-12(13-8-19(21,22)9-14(13)23)7-16-17(25-18(20)26-27(15)16)24-10-11-5-3-6-28-11/h3,5-7,13-14H,8-10,23H2,1H3,(H,24,25,26)/t13-,14+/m1/s1. The van der Waals surface area contributed by atoms with Crippen molar-refractivity contribution >= 4 is 34.3 Å². The summed E-state index contributed by atoms with van der Waals surface area (Å²) in [5.74, 6) is 3.06.